The minimum atomic E-state index is -1.81. The summed E-state index contributed by atoms with van der Waals surface area (Å²) in [5.74, 6) is -6.97. The molecule has 5 rings (SSSR count). The van der Waals surface area contributed by atoms with Gasteiger partial charge in [-0.1, -0.05) is 155 Å². The first-order valence-electron chi connectivity index (χ1n) is 25.0. The number of aliphatic hydroxyl groups excluding tert-OH is 1. The number of fused-ring (bicyclic) bond motifs is 1. The standard InChI is InChI=1S/C56H69N7O11/c1-5-6-7-8-9-10-20-31-47(65)59-44(32-38-35-57-43-30-22-21-29-42(38)43)52(69)60-45(53(70)61-46(34-49(67)73-3)54(71)62-51(37(2)64)55(72)58-36-50(68)74-4)33-48(66)63-56(39-23-14-11-15-24-39,40-25-16-12-17-26-40)41-27-18-13-19-28-41/h11-19,21-30,35,37,44-46,51,57,64H,5-10,20,31-34,36H2,1-4H3,(H,58,72)(H,59,65)(H,60,69)(H,61,70)(H,62,71)(H,63,66). The van der Waals surface area contributed by atoms with Gasteiger partial charge < -0.3 is 51.5 Å². The second-order valence-electron chi connectivity index (χ2n) is 18.1. The van der Waals surface area contributed by atoms with Gasteiger partial charge in [-0.2, -0.15) is 0 Å². The van der Waals surface area contributed by atoms with E-state index in [1.54, 1.807) is 6.20 Å². The second kappa shape index (κ2) is 29.0. The van der Waals surface area contributed by atoms with Gasteiger partial charge >= 0.3 is 11.9 Å². The summed E-state index contributed by atoms with van der Waals surface area (Å²) in [6.07, 6.45) is 5.54. The Balaban J connectivity index is 1.53. The molecule has 18 nitrogen and oxygen atoms in total. The van der Waals surface area contributed by atoms with Crippen LogP contribution in [0.2, 0.25) is 0 Å². The van der Waals surface area contributed by atoms with Crippen molar-refractivity contribution in [2.24, 2.45) is 0 Å². The van der Waals surface area contributed by atoms with E-state index in [1.807, 2.05) is 115 Å². The zero-order chi connectivity index (χ0) is 53.5. The number of carbonyl (C=O) groups excluding carboxylic acids is 8. The number of aromatic amines is 1. The number of hydrogen-bond donors (Lipinski definition) is 8. The lowest BCUT2D eigenvalue weighted by Crippen LogP contribution is -2.61. The Labute approximate surface area is 431 Å². The van der Waals surface area contributed by atoms with Gasteiger partial charge in [-0.05, 0) is 41.7 Å². The van der Waals surface area contributed by atoms with Crippen molar-refractivity contribution in [2.75, 3.05) is 20.8 Å². The highest BCUT2D eigenvalue weighted by Crippen LogP contribution is 2.37. The number of carbonyl (C=O) groups is 8. The number of nitrogens with one attached hydrogen (secondary N) is 7. The van der Waals surface area contributed by atoms with Crippen LogP contribution in [-0.2, 0) is 59.8 Å². The maximum Gasteiger partial charge on any atom is 0.325 e. The molecular weight excluding hydrogens is 947 g/mol. The number of para-hydroxylation sites is 1. The van der Waals surface area contributed by atoms with Crippen molar-refractivity contribution in [2.45, 2.75) is 120 Å². The minimum Gasteiger partial charge on any atom is -0.469 e. The Kier molecular flexibility index (Phi) is 22.4. The number of hydrogen-bond acceptors (Lipinski definition) is 11. The molecule has 74 heavy (non-hydrogen) atoms. The molecule has 0 saturated carbocycles. The van der Waals surface area contributed by atoms with E-state index in [9.17, 15) is 43.5 Å². The van der Waals surface area contributed by atoms with Crippen molar-refractivity contribution < 1.29 is 52.9 Å². The molecule has 0 saturated heterocycles. The van der Waals surface area contributed by atoms with Gasteiger partial charge in [0.15, 0.2) is 0 Å². The van der Waals surface area contributed by atoms with E-state index in [1.165, 1.54) is 6.92 Å². The largest absolute Gasteiger partial charge is 0.469 e. The van der Waals surface area contributed by atoms with Crippen molar-refractivity contribution >= 4 is 58.3 Å². The summed E-state index contributed by atoms with van der Waals surface area (Å²) in [6, 6.07) is 28.4. The van der Waals surface area contributed by atoms with Gasteiger partial charge in [-0.3, -0.25) is 38.4 Å². The lowest BCUT2D eigenvalue weighted by atomic mass is 9.77. The van der Waals surface area contributed by atoms with Crippen molar-refractivity contribution in [3.8, 4) is 0 Å². The Bertz CT molecular complexity index is 2550. The second-order valence-corrected chi connectivity index (χ2v) is 18.1. The number of rotatable bonds is 29. The van der Waals surface area contributed by atoms with Crippen LogP contribution in [0, 0.1) is 0 Å². The molecule has 0 radical (unpaired) electrons. The average molecular weight is 1020 g/mol. The van der Waals surface area contributed by atoms with Gasteiger partial charge in [-0.25, -0.2) is 0 Å². The van der Waals surface area contributed by atoms with Crippen LogP contribution < -0.4 is 31.9 Å². The highest BCUT2D eigenvalue weighted by Gasteiger charge is 2.40. The van der Waals surface area contributed by atoms with Gasteiger partial charge in [-0.15, -0.1) is 0 Å². The fourth-order valence-electron chi connectivity index (χ4n) is 8.68. The molecule has 1 aromatic heterocycles. The van der Waals surface area contributed by atoms with Crippen molar-refractivity contribution in [3.63, 3.8) is 0 Å². The van der Waals surface area contributed by atoms with Crippen LogP contribution in [0.25, 0.3) is 10.9 Å². The zero-order valence-corrected chi connectivity index (χ0v) is 42.4. The van der Waals surface area contributed by atoms with E-state index in [0.29, 0.717) is 28.7 Å². The first-order valence-corrected chi connectivity index (χ1v) is 25.0. The van der Waals surface area contributed by atoms with Crippen molar-refractivity contribution in [3.05, 3.63) is 144 Å². The monoisotopic (exact) mass is 1020 g/mol. The smallest absolute Gasteiger partial charge is 0.325 e. The lowest BCUT2D eigenvalue weighted by molar-refractivity contribution is -0.145. The zero-order valence-electron chi connectivity index (χ0n) is 42.4. The van der Waals surface area contributed by atoms with E-state index in [0.717, 1.165) is 63.6 Å². The van der Waals surface area contributed by atoms with E-state index < -0.39 is 103 Å². The Morgan fingerprint density at radius 1 is 0.568 bits per heavy atom. The molecule has 6 amide bonds. The van der Waals surface area contributed by atoms with Crippen LogP contribution in [0.3, 0.4) is 0 Å². The first kappa shape index (κ1) is 57.0. The third kappa shape index (κ3) is 16.3. The summed E-state index contributed by atoms with van der Waals surface area (Å²) < 4.78 is 9.40. The molecule has 0 aliphatic heterocycles. The Morgan fingerprint density at radius 2 is 1.07 bits per heavy atom. The molecular formula is C56H69N7O11. The third-order valence-electron chi connectivity index (χ3n) is 12.7. The molecule has 0 spiro atoms. The SMILES string of the molecule is CCCCCCCCCC(=O)NC(Cc1c[nH]c2ccccc12)C(=O)NC(CC(=O)NC(c1ccccc1)(c1ccccc1)c1ccccc1)C(=O)NC(CC(=O)OC)C(=O)NC(C(=O)NCC(=O)OC)C(C)O. The number of methoxy groups -OCH3 is 2. The molecule has 0 bridgehead atoms. The summed E-state index contributed by atoms with van der Waals surface area (Å²) in [4.78, 5) is 113. The number of aliphatic hydroxyl groups is 1. The van der Waals surface area contributed by atoms with E-state index >= 15 is 0 Å². The van der Waals surface area contributed by atoms with Crippen LogP contribution in [0.4, 0.5) is 0 Å². The number of esters is 2. The average Bonchev–Trinajstić information content (AvgIpc) is 3.82. The van der Waals surface area contributed by atoms with Gasteiger partial charge in [0.05, 0.1) is 33.2 Å². The molecule has 5 unspecified atom stereocenters. The lowest BCUT2D eigenvalue weighted by Gasteiger charge is -2.37. The van der Waals surface area contributed by atoms with Crippen molar-refractivity contribution in [1.29, 1.82) is 0 Å². The molecule has 18 heteroatoms. The highest BCUT2D eigenvalue weighted by molar-refractivity contribution is 5.99. The topological polar surface area (TPSA) is 263 Å². The Hall–Kier alpha value is -7.86. The quantitative estimate of drug-likeness (QED) is 0.0188. The van der Waals surface area contributed by atoms with E-state index in [4.69, 9.17) is 4.74 Å². The predicted octanol–water partition coefficient (Wildman–Crippen LogP) is 4.52. The molecule has 1 heterocycles. The molecule has 4 aromatic carbocycles. The highest BCUT2D eigenvalue weighted by atomic mass is 16.5. The van der Waals surface area contributed by atoms with Crippen molar-refractivity contribution in [1.82, 2.24) is 36.9 Å². The summed E-state index contributed by atoms with van der Waals surface area (Å²) in [7, 11) is 2.16. The summed E-state index contributed by atoms with van der Waals surface area (Å²) in [6.45, 7) is 2.74. The van der Waals surface area contributed by atoms with E-state index in [-0.39, 0.29) is 12.8 Å². The fraction of sp³-hybridized carbons (Fsp3) is 0.393. The van der Waals surface area contributed by atoms with Crippen LogP contribution in [0.15, 0.2) is 121 Å². The van der Waals surface area contributed by atoms with Gasteiger partial charge in [0, 0.05) is 29.9 Å². The molecule has 8 N–H and O–H groups in total. The molecule has 394 valence electrons. The summed E-state index contributed by atoms with van der Waals surface area (Å²) >= 11 is 0. The predicted molar refractivity (Wildman–Crippen MR) is 278 cm³/mol. The number of benzene rings is 4. The number of H-pyrrole nitrogens is 1. The third-order valence-corrected chi connectivity index (χ3v) is 12.7. The number of aromatic nitrogens is 1. The number of unbranched alkanes of at least 4 members (excludes halogenated alkanes) is 6. The minimum absolute atomic E-state index is 0.0234. The van der Waals surface area contributed by atoms with Crippen LogP contribution in [-0.4, -0.2) is 109 Å². The molecule has 5 aromatic rings. The molecule has 5 atom stereocenters. The number of ether oxygens (including phenoxy) is 2. The van der Waals surface area contributed by atoms with Crippen LogP contribution in [0.5, 0.6) is 0 Å². The maximum atomic E-state index is 15.0. The normalized spacial score (nSPS) is 13.2. The van der Waals surface area contributed by atoms with Crippen LogP contribution in [0.1, 0.15) is 100 Å². The number of amides is 6. The molecule has 0 aliphatic rings. The van der Waals surface area contributed by atoms with Gasteiger partial charge in [0.2, 0.25) is 35.4 Å². The van der Waals surface area contributed by atoms with Crippen LogP contribution >= 0.6 is 0 Å². The summed E-state index contributed by atoms with van der Waals surface area (Å²) in [5, 5.41) is 27.1. The van der Waals surface area contributed by atoms with Gasteiger partial charge in [0.1, 0.15) is 36.3 Å². The summed E-state index contributed by atoms with van der Waals surface area (Å²) in [5.41, 5.74) is 2.11. The maximum absolute atomic E-state index is 15.0. The molecule has 0 fully saturated rings. The van der Waals surface area contributed by atoms with E-state index in [2.05, 4.69) is 48.5 Å². The fourth-order valence-corrected chi connectivity index (χ4v) is 8.68. The molecule has 0 aliphatic carbocycles. The van der Waals surface area contributed by atoms with Gasteiger partial charge in [0.25, 0.3) is 0 Å². The first-order chi connectivity index (χ1) is 35.7. The Morgan fingerprint density at radius 3 is 1.62 bits per heavy atom.